The number of phenols is 1. The number of amides is 1. The van der Waals surface area contributed by atoms with Gasteiger partial charge in [-0.25, -0.2) is 0 Å². The van der Waals surface area contributed by atoms with Crippen molar-refractivity contribution in [3.63, 3.8) is 0 Å². The number of nitrogens with zero attached hydrogens (tertiary/aromatic N) is 1. The summed E-state index contributed by atoms with van der Waals surface area (Å²) < 4.78 is 21.9. The second-order valence-corrected chi connectivity index (χ2v) is 8.47. The van der Waals surface area contributed by atoms with E-state index in [-0.39, 0.29) is 24.9 Å². The summed E-state index contributed by atoms with van der Waals surface area (Å²) in [7, 11) is 3.07. The predicted molar refractivity (Wildman–Crippen MR) is 126 cm³/mol. The number of carbonyl (C=O) groups excluding carboxylic acids is 1. The Bertz CT molecular complexity index is 1220. The Morgan fingerprint density at radius 1 is 1.03 bits per heavy atom. The summed E-state index contributed by atoms with van der Waals surface area (Å²) in [5.74, 6) is 1.77. The van der Waals surface area contributed by atoms with Crippen LogP contribution in [0.3, 0.4) is 0 Å². The van der Waals surface area contributed by atoms with Crippen molar-refractivity contribution in [3.8, 4) is 28.7 Å². The molecule has 0 aliphatic carbocycles. The van der Waals surface area contributed by atoms with Gasteiger partial charge in [-0.3, -0.25) is 4.79 Å². The lowest BCUT2D eigenvalue weighted by molar-refractivity contribution is -0.132. The quantitative estimate of drug-likeness (QED) is 0.592. The molecule has 2 aliphatic heterocycles. The standard InChI is InChI=1S/C27H27NO6/c1-31-20-12-22(29)27(25(13-20)32-2)21(18-7-8-23-24(11-18)34-16-33-23)14-26(30)28-10-9-17-5-3-4-6-19(17)15-28/h3-8,11-13,21,29H,9-10,14-16H2,1-2H3. The highest BCUT2D eigenvalue weighted by molar-refractivity contribution is 5.79. The molecule has 176 valence electrons. The highest BCUT2D eigenvalue weighted by Gasteiger charge is 2.30. The molecule has 1 N–H and O–H groups in total. The highest BCUT2D eigenvalue weighted by atomic mass is 16.7. The maximum absolute atomic E-state index is 13.6. The Labute approximate surface area is 198 Å². The average molecular weight is 462 g/mol. The Hall–Kier alpha value is -3.87. The van der Waals surface area contributed by atoms with Crippen LogP contribution >= 0.6 is 0 Å². The van der Waals surface area contributed by atoms with Crippen LogP contribution in [0.15, 0.2) is 54.6 Å². The molecule has 0 aromatic heterocycles. The molecule has 0 saturated carbocycles. The van der Waals surface area contributed by atoms with Crippen LogP contribution in [-0.4, -0.2) is 43.5 Å². The Morgan fingerprint density at radius 3 is 2.62 bits per heavy atom. The lowest BCUT2D eigenvalue weighted by atomic mass is 9.86. The van der Waals surface area contributed by atoms with Crippen LogP contribution in [0.1, 0.15) is 34.6 Å². The van der Waals surface area contributed by atoms with E-state index in [0.29, 0.717) is 41.7 Å². The minimum atomic E-state index is -0.458. The van der Waals surface area contributed by atoms with E-state index in [9.17, 15) is 9.90 Å². The molecule has 3 aromatic carbocycles. The SMILES string of the molecule is COc1cc(O)c(C(CC(=O)N2CCc3ccccc3C2)c2ccc3c(c2)OCO3)c(OC)c1. The molecule has 2 aliphatic rings. The highest BCUT2D eigenvalue weighted by Crippen LogP contribution is 2.45. The maximum atomic E-state index is 13.6. The van der Waals surface area contributed by atoms with Gasteiger partial charge in [-0.05, 0) is 35.2 Å². The van der Waals surface area contributed by atoms with E-state index >= 15 is 0 Å². The summed E-state index contributed by atoms with van der Waals surface area (Å²) in [6, 6.07) is 17.1. The first-order chi connectivity index (χ1) is 16.6. The summed E-state index contributed by atoms with van der Waals surface area (Å²) in [4.78, 5) is 15.4. The fraction of sp³-hybridized carbons (Fsp3) is 0.296. The van der Waals surface area contributed by atoms with Gasteiger partial charge in [0.1, 0.15) is 17.2 Å². The van der Waals surface area contributed by atoms with Crippen LogP contribution in [0.25, 0.3) is 0 Å². The predicted octanol–water partition coefficient (Wildman–Crippen LogP) is 4.25. The number of carbonyl (C=O) groups is 1. The Morgan fingerprint density at radius 2 is 1.82 bits per heavy atom. The second kappa shape index (κ2) is 9.17. The number of aromatic hydroxyl groups is 1. The Kier molecular flexibility index (Phi) is 5.92. The Balaban J connectivity index is 1.51. The molecule has 7 nitrogen and oxygen atoms in total. The fourth-order valence-corrected chi connectivity index (χ4v) is 4.75. The van der Waals surface area contributed by atoms with E-state index in [1.807, 2.05) is 35.2 Å². The molecule has 34 heavy (non-hydrogen) atoms. The molecule has 0 spiro atoms. The normalized spacial score (nSPS) is 14.9. The van der Waals surface area contributed by atoms with Crippen LogP contribution in [0.2, 0.25) is 0 Å². The molecule has 5 rings (SSSR count). The molecule has 1 unspecified atom stereocenters. The van der Waals surface area contributed by atoms with E-state index in [1.165, 1.54) is 25.3 Å². The molecular formula is C27H27NO6. The van der Waals surface area contributed by atoms with Gasteiger partial charge in [0.15, 0.2) is 11.5 Å². The van der Waals surface area contributed by atoms with Crippen molar-refractivity contribution in [3.05, 3.63) is 76.9 Å². The minimum absolute atomic E-state index is 0.00874. The van der Waals surface area contributed by atoms with Gasteiger partial charge in [-0.1, -0.05) is 30.3 Å². The third kappa shape index (κ3) is 4.09. The summed E-state index contributed by atoms with van der Waals surface area (Å²) >= 11 is 0. The first-order valence-corrected chi connectivity index (χ1v) is 11.3. The molecule has 2 heterocycles. The summed E-state index contributed by atoms with van der Waals surface area (Å²) in [6.45, 7) is 1.40. The van der Waals surface area contributed by atoms with Crippen molar-refractivity contribution >= 4 is 5.91 Å². The van der Waals surface area contributed by atoms with Gasteiger partial charge in [-0.15, -0.1) is 0 Å². The first-order valence-electron chi connectivity index (χ1n) is 11.3. The third-order valence-electron chi connectivity index (χ3n) is 6.56. The largest absolute Gasteiger partial charge is 0.507 e. The summed E-state index contributed by atoms with van der Waals surface area (Å²) in [5.41, 5.74) is 3.82. The second-order valence-electron chi connectivity index (χ2n) is 8.47. The van der Waals surface area contributed by atoms with Crippen molar-refractivity contribution in [1.29, 1.82) is 0 Å². The van der Waals surface area contributed by atoms with E-state index in [1.54, 1.807) is 12.1 Å². The maximum Gasteiger partial charge on any atom is 0.231 e. The average Bonchev–Trinajstić information content (AvgIpc) is 3.34. The zero-order valence-corrected chi connectivity index (χ0v) is 19.2. The summed E-state index contributed by atoms with van der Waals surface area (Å²) in [5, 5.41) is 11.0. The summed E-state index contributed by atoms with van der Waals surface area (Å²) in [6.07, 6.45) is 0.992. The van der Waals surface area contributed by atoms with E-state index in [4.69, 9.17) is 18.9 Å². The number of rotatable bonds is 6. The van der Waals surface area contributed by atoms with Crippen molar-refractivity contribution < 1.29 is 28.8 Å². The fourth-order valence-electron chi connectivity index (χ4n) is 4.75. The number of benzene rings is 3. The number of hydrogen-bond acceptors (Lipinski definition) is 6. The zero-order chi connectivity index (χ0) is 23.7. The van der Waals surface area contributed by atoms with Gasteiger partial charge in [0.05, 0.1) is 14.2 Å². The van der Waals surface area contributed by atoms with Crippen LogP contribution < -0.4 is 18.9 Å². The van der Waals surface area contributed by atoms with E-state index < -0.39 is 5.92 Å². The van der Waals surface area contributed by atoms with E-state index in [2.05, 4.69) is 12.1 Å². The van der Waals surface area contributed by atoms with Crippen molar-refractivity contribution in [1.82, 2.24) is 4.90 Å². The molecule has 0 radical (unpaired) electrons. The number of hydrogen-bond donors (Lipinski definition) is 1. The lowest BCUT2D eigenvalue weighted by Gasteiger charge is -2.31. The number of phenolic OH excluding ortho intramolecular Hbond substituents is 1. The lowest BCUT2D eigenvalue weighted by Crippen LogP contribution is -2.36. The van der Waals surface area contributed by atoms with E-state index in [0.717, 1.165) is 12.0 Å². The molecular weight excluding hydrogens is 434 g/mol. The first kappa shape index (κ1) is 21.9. The molecule has 0 bridgehead atoms. The van der Waals surface area contributed by atoms with Gasteiger partial charge in [0.25, 0.3) is 0 Å². The van der Waals surface area contributed by atoms with Crippen LogP contribution in [-0.2, 0) is 17.8 Å². The van der Waals surface area contributed by atoms with Crippen molar-refractivity contribution in [2.24, 2.45) is 0 Å². The van der Waals surface area contributed by atoms with Gasteiger partial charge >= 0.3 is 0 Å². The van der Waals surface area contributed by atoms with Crippen LogP contribution in [0.5, 0.6) is 28.7 Å². The number of ether oxygens (including phenoxy) is 4. The molecule has 0 saturated heterocycles. The van der Waals surface area contributed by atoms with Gasteiger partial charge in [0.2, 0.25) is 12.7 Å². The van der Waals surface area contributed by atoms with Crippen LogP contribution in [0, 0.1) is 0 Å². The van der Waals surface area contributed by atoms with Gasteiger partial charge in [0, 0.05) is 43.1 Å². The minimum Gasteiger partial charge on any atom is -0.507 e. The third-order valence-corrected chi connectivity index (χ3v) is 6.56. The van der Waals surface area contributed by atoms with Gasteiger partial charge < -0.3 is 29.0 Å². The van der Waals surface area contributed by atoms with Crippen molar-refractivity contribution in [2.75, 3.05) is 27.6 Å². The van der Waals surface area contributed by atoms with Gasteiger partial charge in [-0.2, -0.15) is 0 Å². The van der Waals surface area contributed by atoms with Crippen LogP contribution in [0.4, 0.5) is 0 Å². The van der Waals surface area contributed by atoms with Crippen molar-refractivity contribution in [2.45, 2.75) is 25.3 Å². The molecule has 0 fully saturated rings. The topological polar surface area (TPSA) is 77.5 Å². The molecule has 7 heteroatoms. The number of methoxy groups -OCH3 is 2. The molecule has 1 amide bonds. The monoisotopic (exact) mass is 461 g/mol. The smallest absolute Gasteiger partial charge is 0.231 e. The molecule has 3 aromatic rings. The zero-order valence-electron chi connectivity index (χ0n) is 19.2. The number of fused-ring (bicyclic) bond motifs is 2. The molecule has 1 atom stereocenters.